The maximum absolute atomic E-state index is 5.75. The van der Waals surface area contributed by atoms with Crippen molar-refractivity contribution in [3.8, 4) is 22.8 Å². The van der Waals surface area contributed by atoms with Crippen LogP contribution >= 0.6 is 0 Å². The van der Waals surface area contributed by atoms with Crippen molar-refractivity contribution >= 4 is 5.82 Å². The molecule has 0 unspecified atom stereocenters. The number of hydrogen-bond donors (Lipinski definition) is 1. The van der Waals surface area contributed by atoms with E-state index in [-0.39, 0.29) is 0 Å². The first-order valence-electron chi connectivity index (χ1n) is 6.73. The van der Waals surface area contributed by atoms with Crippen molar-refractivity contribution in [3.05, 3.63) is 30.1 Å². The van der Waals surface area contributed by atoms with Crippen LogP contribution in [0.5, 0.6) is 11.5 Å². The molecule has 1 aliphatic rings. The number of methoxy groups -OCH3 is 1. The Hall–Kier alpha value is -2.30. The van der Waals surface area contributed by atoms with Crippen LogP contribution in [0.3, 0.4) is 0 Å². The van der Waals surface area contributed by atoms with Crippen LogP contribution in [0.25, 0.3) is 11.3 Å². The Kier molecular flexibility index (Phi) is 3.41. The van der Waals surface area contributed by atoms with Gasteiger partial charge in [-0.15, -0.1) is 0 Å². The van der Waals surface area contributed by atoms with Crippen molar-refractivity contribution in [1.82, 2.24) is 9.97 Å². The molecule has 5 heteroatoms. The van der Waals surface area contributed by atoms with E-state index in [0.29, 0.717) is 11.6 Å². The van der Waals surface area contributed by atoms with Crippen molar-refractivity contribution in [3.63, 3.8) is 0 Å². The van der Waals surface area contributed by atoms with E-state index >= 15 is 0 Å². The molecule has 2 heterocycles. The van der Waals surface area contributed by atoms with Crippen molar-refractivity contribution in [2.45, 2.75) is 13.3 Å². The summed E-state index contributed by atoms with van der Waals surface area (Å²) in [6.45, 7) is 3.51. The molecular formula is C15H17N3O2. The van der Waals surface area contributed by atoms with Gasteiger partial charge in [-0.2, -0.15) is 0 Å². The van der Waals surface area contributed by atoms with Gasteiger partial charge in [0.2, 0.25) is 0 Å². The van der Waals surface area contributed by atoms with Crippen LogP contribution in [0, 0.1) is 0 Å². The number of anilines is 1. The molecule has 0 aliphatic carbocycles. The zero-order valence-electron chi connectivity index (χ0n) is 11.6. The summed E-state index contributed by atoms with van der Waals surface area (Å²) in [7, 11) is 1.63. The van der Waals surface area contributed by atoms with Gasteiger partial charge in [-0.1, -0.05) is 12.1 Å². The molecule has 0 bridgehead atoms. The number of rotatable bonds is 4. The summed E-state index contributed by atoms with van der Waals surface area (Å²) in [6.07, 6.45) is 2.49. The number of nitrogens with zero attached hydrogens (tertiary/aromatic N) is 2. The van der Waals surface area contributed by atoms with Crippen molar-refractivity contribution in [1.29, 1.82) is 0 Å². The van der Waals surface area contributed by atoms with E-state index in [1.807, 2.05) is 19.1 Å². The number of aromatic nitrogens is 2. The Bertz CT molecular complexity index is 629. The summed E-state index contributed by atoms with van der Waals surface area (Å²) in [5.74, 6) is 2.26. The number of nitrogens with one attached hydrogen (secondary N) is 1. The molecule has 1 aliphatic heterocycles. The second-order valence-corrected chi connectivity index (χ2v) is 4.53. The lowest BCUT2D eigenvalue weighted by Crippen LogP contribution is -2.04. The van der Waals surface area contributed by atoms with Gasteiger partial charge in [-0.3, -0.25) is 0 Å². The highest BCUT2D eigenvalue weighted by Crippen LogP contribution is 2.41. The highest BCUT2D eigenvalue weighted by Gasteiger charge is 2.21. The molecule has 0 atom stereocenters. The van der Waals surface area contributed by atoms with Gasteiger partial charge in [0.1, 0.15) is 17.8 Å². The van der Waals surface area contributed by atoms with Crippen LogP contribution in [0.2, 0.25) is 0 Å². The first-order valence-corrected chi connectivity index (χ1v) is 6.73. The molecule has 5 nitrogen and oxygen atoms in total. The predicted molar refractivity (Wildman–Crippen MR) is 77.4 cm³/mol. The monoisotopic (exact) mass is 271 g/mol. The molecule has 3 rings (SSSR count). The van der Waals surface area contributed by atoms with Crippen LogP contribution in [-0.2, 0) is 6.42 Å². The molecule has 1 aromatic heterocycles. The first-order chi connectivity index (χ1) is 9.85. The van der Waals surface area contributed by atoms with Gasteiger partial charge in [-0.25, -0.2) is 9.97 Å². The highest BCUT2D eigenvalue weighted by molar-refractivity contribution is 5.78. The van der Waals surface area contributed by atoms with E-state index in [4.69, 9.17) is 9.47 Å². The zero-order chi connectivity index (χ0) is 13.9. The Morgan fingerprint density at radius 2 is 2.25 bits per heavy atom. The number of hydrogen-bond acceptors (Lipinski definition) is 5. The Morgan fingerprint density at radius 1 is 1.35 bits per heavy atom. The van der Waals surface area contributed by atoms with Crippen molar-refractivity contribution in [2.75, 3.05) is 25.6 Å². The van der Waals surface area contributed by atoms with Gasteiger partial charge >= 0.3 is 0 Å². The summed E-state index contributed by atoms with van der Waals surface area (Å²) in [4.78, 5) is 8.61. The smallest absolute Gasteiger partial charge is 0.187 e. The van der Waals surface area contributed by atoms with Gasteiger partial charge in [0, 0.05) is 18.5 Å². The fourth-order valence-electron chi connectivity index (χ4n) is 2.45. The fourth-order valence-corrected chi connectivity index (χ4v) is 2.45. The molecule has 0 radical (unpaired) electrons. The van der Waals surface area contributed by atoms with Crippen molar-refractivity contribution in [2.24, 2.45) is 0 Å². The second kappa shape index (κ2) is 5.36. The molecule has 1 N–H and O–H groups in total. The first kappa shape index (κ1) is 12.7. The second-order valence-electron chi connectivity index (χ2n) is 4.53. The van der Waals surface area contributed by atoms with E-state index in [1.54, 1.807) is 13.4 Å². The molecule has 0 spiro atoms. The summed E-state index contributed by atoms with van der Waals surface area (Å²) in [6, 6.07) is 6.12. The highest BCUT2D eigenvalue weighted by atomic mass is 16.5. The lowest BCUT2D eigenvalue weighted by Gasteiger charge is -2.14. The molecule has 0 saturated carbocycles. The Balaban J connectivity index is 2.15. The normalized spacial score (nSPS) is 12.7. The average Bonchev–Trinajstić information content (AvgIpc) is 2.95. The van der Waals surface area contributed by atoms with Gasteiger partial charge in [0.05, 0.1) is 13.7 Å². The van der Waals surface area contributed by atoms with Crippen LogP contribution in [0.15, 0.2) is 24.5 Å². The van der Waals surface area contributed by atoms with E-state index in [2.05, 4.69) is 21.4 Å². The van der Waals surface area contributed by atoms with Crippen LogP contribution < -0.4 is 14.8 Å². The van der Waals surface area contributed by atoms with Crippen LogP contribution in [0.1, 0.15) is 12.5 Å². The van der Waals surface area contributed by atoms with E-state index < -0.39 is 0 Å². The predicted octanol–water partition coefficient (Wildman–Crippen LogP) is 2.52. The quantitative estimate of drug-likeness (QED) is 0.926. The number of benzene rings is 1. The lowest BCUT2D eigenvalue weighted by molar-refractivity contribution is 0.357. The topological polar surface area (TPSA) is 56.3 Å². The van der Waals surface area contributed by atoms with E-state index in [0.717, 1.165) is 36.6 Å². The van der Waals surface area contributed by atoms with E-state index in [1.165, 1.54) is 5.56 Å². The number of fused-ring (bicyclic) bond motifs is 1. The van der Waals surface area contributed by atoms with Gasteiger partial charge in [0.15, 0.2) is 11.6 Å². The van der Waals surface area contributed by atoms with Gasteiger partial charge in [-0.05, 0) is 18.6 Å². The molecule has 0 fully saturated rings. The minimum Gasteiger partial charge on any atom is -0.492 e. The molecule has 104 valence electrons. The summed E-state index contributed by atoms with van der Waals surface area (Å²) in [5.41, 5.74) is 2.93. The van der Waals surface area contributed by atoms with Crippen molar-refractivity contribution < 1.29 is 9.47 Å². The average molecular weight is 271 g/mol. The fraction of sp³-hybridized carbons (Fsp3) is 0.333. The summed E-state index contributed by atoms with van der Waals surface area (Å²) >= 11 is 0. The van der Waals surface area contributed by atoms with Gasteiger partial charge in [0.25, 0.3) is 0 Å². The lowest BCUT2D eigenvalue weighted by atomic mass is 10.0. The minimum absolute atomic E-state index is 0.651. The third-order valence-corrected chi connectivity index (χ3v) is 3.32. The minimum atomic E-state index is 0.651. The molecular weight excluding hydrogens is 254 g/mol. The molecule has 0 saturated heterocycles. The molecule has 20 heavy (non-hydrogen) atoms. The third kappa shape index (κ3) is 2.05. The summed E-state index contributed by atoms with van der Waals surface area (Å²) < 4.78 is 11.2. The van der Waals surface area contributed by atoms with E-state index in [9.17, 15) is 0 Å². The number of ether oxygens (including phenoxy) is 2. The molecule has 0 amide bonds. The largest absolute Gasteiger partial charge is 0.492 e. The summed E-state index contributed by atoms with van der Waals surface area (Å²) in [5, 5.41) is 3.19. The van der Waals surface area contributed by atoms with Crippen LogP contribution in [-0.4, -0.2) is 30.2 Å². The maximum Gasteiger partial charge on any atom is 0.187 e. The third-order valence-electron chi connectivity index (χ3n) is 3.32. The standard InChI is InChI=1S/C15H17N3O2/c1-3-16-15-14(19-2)12(17-9-18-15)11-6-4-5-10-7-8-20-13(10)11/h4-6,9H,3,7-8H2,1-2H3,(H,16,17,18). The number of para-hydroxylation sites is 1. The zero-order valence-corrected chi connectivity index (χ0v) is 11.6. The molecule has 2 aromatic rings. The Labute approximate surface area is 118 Å². The maximum atomic E-state index is 5.75. The molecule has 1 aromatic carbocycles. The van der Waals surface area contributed by atoms with Crippen LogP contribution in [0.4, 0.5) is 5.82 Å². The van der Waals surface area contributed by atoms with Gasteiger partial charge < -0.3 is 14.8 Å². The Morgan fingerprint density at radius 3 is 3.05 bits per heavy atom. The SMILES string of the molecule is CCNc1ncnc(-c2cccc3c2OCC3)c1OC.